The lowest BCUT2D eigenvalue weighted by atomic mass is 10.1. The highest BCUT2D eigenvalue weighted by atomic mass is 19.4. The lowest BCUT2D eigenvalue weighted by Crippen LogP contribution is -2.05. The predicted octanol–water partition coefficient (Wildman–Crippen LogP) is 3.68. The molecule has 0 aliphatic rings. The van der Waals surface area contributed by atoms with Crippen LogP contribution in [0.4, 0.5) is 13.2 Å². The summed E-state index contributed by atoms with van der Waals surface area (Å²) in [4.78, 5) is 4.36. The van der Waals surface area contributed by atoms with Crippen molar-refractivity contribution in [3.8, 4) is 28.6 Å². The molecule has 0 fully saturated rings. The van der Waals surface area contributed by atoms with Crippen LogP contribution in [0.3, 0.4) is 0 Å². The fourth-order valence-corrected chi connectivity index (χ4v) is 2.63. The number of aromatic amines is 1. The lowest BCUT2D eigenvalue weighted by molar-refractivity contribution is -0.137. The van der Waals surface area contributed by atoms with Crippen LogP contribution in [0.5, 0.6) is 0 Å². The Hall–Kier alpha value is -3.67. The average Bonchev–Trinajstić information content (AvgIpc) is 3.27. The third kappa shape index (κ3) is 2.67. The number of nitrogens with one attached hydrogen (secondary N) is 1. The van der Waals surface area contributed by atoms with Gasteiger partial charge >= 0.3 is 6.18 Å². The minimum Gasteiger partial charge on any atom is -0.306 e. The van der Waals surface area contributed by atoms with Crippen molar-refractivity contribution in [2.45, 2.75) is 6.18 Å². The molecule has 128 valence electrons. The maximum atomic E-state index is 12.9. The zero-order valence-corrected chi connectivity index (χ0v) is 13.0. The Morgan fingerprint density at radius 3 is 2.65 bits per heavy atom. The van der Waals surface area contributed by atoms with Crippen molar-refractivity contribution in [2.75, 3.05) is 0 Å². The maximum absolute atomic E-state index is 12.9. The molecule has 0 unspecified atom stereocenters. The van der Waals surface area contributed by atoms with Crippen LogP contribution in [-0.4, -0.2) is 24.8 Å². The topological polar surface area (TPSA) is 82.7 Å². The monoisotopic (exact) mass is 354 g/mol. The second kappa shape index (κ2) is 5.70. The Morgan fingerprint density at radius 2 is 1.88 bits per heavy atom. The SMILES string of the molecule is N#Cc1[nH]nnc1-c1cccc(-c2cn3cc(C(F)(F)F)ccc3n2)c1. The van der Waals surface area contributed by atoms with Gasteiger partial charge in [-0.25, -0.2) is 10.1 Å². The zero-order chi connectivity index (χ0) is 18.3. The van der Waals surface area contributed by atoms with Crippen LogP contribution < -0.4 is 0 Å². The summed E-state index contributed by atoms with van der Waals surface area (Å²) in [6.07, 6.45) is -1.89. The maximum Gasteiger partial charge on any atom is 0.417 e. The van der Waals surface area contributed by atoms with E-state index in [-0.39, 0.29) is 5.69 Å². The third-order valence-electron chi connectivity index (χ3n) is 3.87. The van der Waals surface area contributed by atoms with E-state index in [0.717, 1.165) is 12.3 Å². The minimum absolute atomic E-state index is 0.229. The first kappa shape index (κ1) is 15.8. The van der Waals surface area contributed by atoms with Gasteiger partial charge in [-0.1, -0.05) is 23.4 Å². The molecule has 4 rings (SSSR count). The van der Waals surface area contributed by atoms with E-state index < -0.39 is 11.7 Å². The molecule has 3 heterocycles. The van der Waals surface area contributed by atoms with Gasteiger partial charge in [0.15, 0.2) is 5.69 Å². The molecule has 0 radical (unpaired) electrons. The molecule has 0 amide bonds. The summed E-state index contributed by atoms with van der Waals surface area (Å²) in [6, 6.07) is 11.3. The molecule has 0 bridgehead atoms. The summed E-state index contributed by atoms with van der Waals surface area (Å²) in [6.45, 7) is 0. The van der Waals surface area contributed by atoms with Crippen molar-refractivity contribution in [2.24, 2.45) is 0 Å². The van der Waals surface area contributed by atoms with Gasteiger partial charge in [0.25, 0.3) is 0 Å². The number of pyridine rings is 1. The number of imidazole rings is 1. The molecule has 9 heteroatoms. The molecule has 1 aromatic carbocycles. The van der Waals surface area contributed by atoms with Crippen molar-refractivity contribution < 1.29 is 13.2 Å². The summed E-state index contributed by atoms with van der Waals surface area (Å²) < 4.78 is 39.9. The number of nitriles is 1. The summed E-state index contributed by atoms with van der Waals surface area (Å²) in [5, 5.41) is 19.1. The van der Waals surface area contributed by atoms with Gasteiger partial charge < -0.3 is 4.40 Å². The fraction of sp³-hybridized carbons (Fsp3) is 0.0588. The molecule has 0 spiro atoms. The van der Waals surface area contributed by atoms with Gasteiger partial charge in [-0.05, 0) is 18.2 Å². The van der Waals surface area contributed by atoms with Gasteiger partial charge in [-0.15, -0.1) is 5.10 Å². The molecule has 1 N–H and O–H groups in total. The highest BCUT2D eigenvalue weighted by Gasteiger charge is 2.30. The van der Waals surface area contributed by atoms with Gasteiger partial charge in [0, 0.05) is 23.5 Å². The smallest absolute Gasteiger partial charge is 0.306 e. The van der Waals surface area contributed by atoms with Crippen molar-refractivity contribution in [3.63, 3.8) is 0 Å². The first-order valence-electron chi connectivity index (χ1n) is 7.43. The fourth-order valence-electron chi connectivity index (χ4n) is 2.63. The van der Waals surface area contributed by atoms with Crippen molar-refractivity contribution in [1.82, 2.24) is 24.8 Å². The second-order valence-corrected chi connectivity index (χ2v) is 5.54. The molecular formula is C17H9F3N6. The van der Waals surface area contributed by atoms with Crippen LogP contribution in [0.15, 0.2) is 48.8 Å². The van der Waals surface area contributed by atoms with Crippen LogP contribution in [0, 0.1) is 11.3 Å². The number of H-pyrrole nitrogens is 1. The molecule has 26 heavy (non-hydrogen) atoms. The summed E-state index contributed by atoms with van der Waals surface area (Å²) in [7, 11) is 0. The number of alkyl halides is 3. The van der Waals surface area contributed by atoms with E-state index in [0.29, 0.717) is 28.2 Å². The Labute approximate surface area is 144 Å². The Morgan fingerprint density at radius 1 is 1.08 bits per heavy atom. The van der Waals surface area contributed by atoms with E-state index in [1.165, 1.54) is 16.7 Å². The summed E-state index contributed by atoms with van der Waals surface area (Å²) in [5.41, 5.74) is 2.13. The number of halogens is 3. The van der Waals surface area contributed by atoms with Crippen LogP contribution in [0.1, 0.15) is 11.3 Å². The Bertz CT molecular complexity index is 1150. The van der Waals surface area contributed by atoms with Crippen LogP contribution in [0.25, 0.3) is 28.2 Å². The number of aromatic nitrogens is 5. The molecule has 6 nitrogen and oxygen atoms in total. The van der Waals surface area contributed by atoms with Crippen molar-refractivity contribution in [1.29, 1.82) is 5.26 Å². The number of hydrogen-bond donors (Lipinski definition) is 1. The number of fused-ring (bicyclic) bond motifs is 1. The molecule has 0 atom stereocenters. The first-order chi connectivity index (χ1) is 12.5. The standard InChI is InChI=1S/C17H9F3N6/c18-17(19,20)12-4-5-15-22-14(9-26(15)8-12)10-2-1-3-11(6-10)16-13(7-21)23-25-24-16/h1-6,8-9H,(H,23,24,25). The summed E-state index contributed by atoms with van der Waals surface area (Å²) >= 11 is 0. The summed E-state index contributed by atoms with van der Waals surface area (Å²) in [5.74, 6) is 0. The molecule has 3 aromatic heterocycles. The van der Waals surface area contributed by atoms with Crippen LogP contribution in [-0.2, 0) is 6.18 Å². The quantitative estimate of drug-likeness (QED) is 0.595. The van der Waals surface area contributed by atoms with Crippen molar-refractivity contribution >= 4 is 5.65 Å². The van der Waals surface area contributed by atoms with E-state index >= 15 is 0 Å². The zero-order valence-electron chi connectivity index (χ0n) is 13.0. The highest BCUT2D eigenvalue weighted by molar-refractivity contribution is 5.72. The highest BCUT2D eigenvalue weighted by Crippen LogP contribution is 2.30. The van der Waals surface area contributed by atoms with Gasteiger partial charge in [0.2, 0.25) is 0 Å². The lowest BCUT2D eigenvalue weighted by Gasteiger charge is -2.05. The number of rotatable bonds is 2. The number of benzene rings is 1. The van der Waals surface area contributed by atoms with E-state index in [1.807, 2.05) is 6.07 Å². The second-order valence-electron chi connectivity index (χ2n) is 5.54. The van der Waals surface area contributed by atoms with Gasteiger partial charge in [0.05, 0.1) is 11.3 Å². The molecular weight excluding hydrogens is 345 g/mol. The molecule has 0 aliphatic carbocycles. The Kier molecular flexibility index (Phi) is 3.47. The Balaban J connectivity index is 1.79. The minimum atomic E-state index is -4.42. The van der Waals surface area contributed by atoms with Gasteiger partial charge in [-0.2, -0.15) is 18.4 Å². The first-order valence-corrected chi connectivity index (χ1v) is 7.43. The van der Waals surface area contributed by atoms with Gasteiger partial charge in [0.1, 0.15) is 17.4 Å². The molecule has 0 saturated carbocycles. The number of nitrogens with zero attached hydrogens (tertiary/aromatic N) is 5. The van der Waals surface area contributed by atoms with Gasteiger partial charge in [-0.3, -0.25) is 0 Å². The molecule has 0 saturated heterocycles. The van der Waals surface area contributed by atoms with E-state index in [1.54, 1.807) is 24.3 Å². The molecule has 0 aliphatic heterocycles. The normalized spacial score (nSPS) is 11.6. The van der Waals surface area contributed by atoms with E-state index in [9.17, 15) is 13.2 Å². The average molecular weight is 354 g/mol. The predicted molar refractivity (Wildman–Crippen MR) is 85.7 cm³/mol. The molecule has 4 aromatic rings. The number of hydrogen-bond acceptors (Lipinski definition) is 4. The van der Waals surface area contributed by atoms with Crippen LogP contribution >= 0.6 is 0 Å². The van der Waals surface area contributed by atoms with Crippen LogP contribution in [0.2, 0.25) is 0 Å². The third-order valence-corrected chi connectivity index (χ3v) is 3.87. The van der Waals surface area contributed by atoms with Crippen molar-refractivity contribution in [3.05, 3.63) is 60.0 Å². The van der Waals surface area contributed by atoms with E-state index in [2.05, 4.69) is 20.4 Å². The largest absolute Gasteiger partial charge is 0.417 e. The van der Waals surface area contributed by atoms with E-state index in [4.69, 9.17) is 5.26 Å².